The van der Waals surface area contributed by atoms with Gasteiger partial charge in [0.25, 0.3) is 0 Å². The second kappa shape index (κ2) is 7.08. The van der Waals surface area contributed by atoms with Crippen molar-refractivity contribution in [3.63, 3.8) is 0 Å². The van der Waals surface area contributed by atoms with E-state index in [2.05, 4.69) is 25.2 Å². The number of benzene rings is 1. The molecule has 29 heavy (non-hydrogen) atoms. The van der Waals surface area contributed by atoms with Crippen LogP contribution in [0.3, 0.4) is 0 Å². The Bertz CT molecular complexity index is 793. The largest absolute Gasteiger partial charge is 0.490 e. The number of hydrogen-bond acceptors (Lipinski definition) is 3. The molecule has 1 N–H and O–H groups in total. The third-order valence-corrected chi connectivity index (χ3v) is 8.00. The molecule has 1 amide bonds. The maximum absolute atomic E-state index is 13.6. The Morgan fingerprint density at radius 3 is 2.45 bits per heavy atom. The second-order valence-electron chi connectivity index (χ2n) is 10.3. The molecule has 4 fully saturated rings. The molecule has 4 bridgehead atoms. The minimum absolute atomic E-state index is 0.0427. The van der Waals surface area contributed by atoms with Gasteiger partial charge >= 0.3 is 0 Å². The van der Waals surface area contributed by atoms with E-state index in [1.807, 2.05) is 12.1 Å². The molecular formula is C24H32ClNO3. The minimum atomic E-state index is -0.274. The first kappa shape index (κ1) is 19.5. The van der Waals surface area contributed by atoms with Crippen LogP contribution in [0.2, 0.25) is 0 Å². The van der Waals surface area contributed by atoms with Crippen LogP contribution in [0.25, 0.3) is 0 Å². The van der Waals surface area contributed by atoms with E-state index in [4.69, 9.17) is 21.1 Å². The summed E-state index contributed by atoms with van der Waals surface area (Å²) in [6.45, 7) is 5.67. The Balaban J connectivity index is 1.39. The fourth-order valence-corrected chi connectivity index (χ4v) is 7.41. The van der Waals surface area contributed by atoms with Crippen molar-refractivity contribution in [2.45, 2.75) is 69.7 Å². The van der Waals surface area contributed by atoms with Crippen LogP contribution in [0.5, 0.6) is 11.5 Å². The molecule has 0 aromatic heterocycles. The molecule has 0 saturated heterocycles. The van der Waals surface area contributed by atoms with Gasteiger partial charge in [-0.1, -0.05) is 19.9 Å². The number of halogens is 1. The molecule has 5 heteroatoms. The summed E-state index contributed by atoms with van der Waals surface area (Å²) in [5.74, 6) is 3.31. The second-order valence-corrected chi connectivity index (χ2v) is 11.1. The van der Waals surface area contributed by atoms with E-state index in [-0.39, 0.29) is 28.2 Å². The van der Waals surface area contributed by atoms with Crippen molar-refractivity contribution >= 4 is 17.5 Å². The normalized spacial score (nSPS) is 36.0. The van der Waals surface area contributed by atoms with Gasteiger partial charge in [-0.2, -0.15) is 0 Å². The summed E-state index contributed by atoms with van der Waals surface area (Å²) in [6.07, 6.45) is 7.20. The SMILES string of the molecule is CC(C)[C@@H](NC(=O)C12C[C@@H]3C[C@@H](CC(Cl)(C3)C1)C2)c1ccc2c(c1)OCCCO2. The molecule has 5 aliphatic rings. The van der Waals surface area contributed by atoms with Crippen molar-refractivity contribution in [3.8, 4) is 11.5 Å². The lowest BCUT2D eigenvalue weighted by atomic mass is 9.49. The molecular weight excluding hydrogens is 386 g/mol. The number of carbonyl (C=O) groups excluding carboxylic acids is 1. The summed E-state index contributed by atoms with van der Waals surface area (Å²) in [6, 6.07) is 6.06. The van der Waals surface area contributed by atoms with Gasteiger partial charge in [-0.05, 0) is 74.0 Å². The van der Waals surface area contributed by atoms with Crippen LogP contribution in [0.4, 0.5) is 0 Å². The molecule has 1 aromatic rings. The van der Waals surface area contributed by atoms with Gasteiger partial charge < -0.3 is 14.8 Å². The maximum Gasteiger partial charge on any atom is 0.226 e. The lowest BCUT2D eigenvalue weighted by Crippen LogP contribution is -2.58. The van der Waals surface area contributed by atoms with Gasteiger partial charge in [-0.15, -0.1) is 11.6 Å². The highest BCUT2D eigenvalue weighted by molar-refractivity contribution is 6.24. The van der Waals surface area contributed by atoms with E-state index in [1.165, 1.54) is 6.42 Å². The molecule has 0 spiro atoms. The van der Waals surface area contributed by atoms with E-state index in [9.17, 15) is 4.79 Å². The number of fused-ring (bicyclic) bond motifs is 1. The molecule has 0 radical (unpaired) electrons. The summed E-state index contributed by atoms with van der Waals surface area (Å²) >= 11 is 6.97. The summed E-state index contributed by atoms with van der Waals surface area (Å²) < 4.78 is 11.7. The molecule has 4 nitrogen and oxygen atoms in total. The highest BCUT2D eigenvalue weighted by Crippen LogP contribution is 2.64. The van der Waals surface area contributed by atoms with Gasteiger partial charge in [0.2, 0.25) is 5.91 Å². The van der Waals surface area contributed by atoms with Gasteiger partial charge in [0, 0.05) is 11.3 Å². The Hall–Kier alpha value is -1.42. The zero-order chi connectivity index (χ0) is 20.2. The maximum atomic E-state index is 13.6. The molecule has 4 saturated carbocycles. The zero-order valence-corrected chi connectivity index (χ0v) is 18.3. The number of hydrogen-bond donors (Lipinski definition) is 1. The molecule has 158 valence electrons. The number of alkyl halides is 1. The molecule has 1 aromatic carbocycles. The number of amides is 1. The van der Waals surface area contributed by atoms with Crippen molar-refractivity contribution in [1.82, 2.24) is 5.32 Å². The monoisotopic (exact) mass is 417 g/mol. The molecule has 4 aliphatic carbocycles. The van der Waals surface area contributed by atoms with E-state index >= 15 is 0 Å². The van der Waals surface area contributed by atoms with Crippen molar-refractivity contribution in [2.75, 3.05) is 13.2 Å². The summed E-state index contributed by atoms with van der Waals surface area (Å²) in [5, 5.41) is 3.44. The van der Waals surface area contributed by atoms with Gasteiger partial charge in [0.1, 0.15) is 0 Å². The molecule has 1 aliphatic heterocycles. The smallest absolute Gasteiger partial charge is 0.226 e. The van der Waals surface area contributed by atoms with Crippen molar-refractivity contribution in [3.05, 3.63) is 23.8 Å². The van der Waals surface area contributed by atoms with Crippen LogP contribution < -0.4 is 14.8 Å². The van der Waals surface area contributed by atoms with Gasteiger partial charge in [-0.25, -0.2) is 0 Å². The first-order valence-corrected chi connectivity index (χ1v) is 11.6. The zero-order valence-electron chi connectivity index (χ0n) is 17.5. The topological polar surface area (TPSA) is 47.6 Å². The van der Waals surface area contributed by atoms with Crippen molar-refractivity contribution in [1.29, 1.82) is 0 Å². The van der Waals surface area contributed by atoms with E-state index in [0.717, 1.165) is 55.6 Å². The number of ether oxygens (including phenoxy) is 2. The molecule has 5 atom stereocenters. The standard InChI is InChI=1S/C24H32ClNO3/c1-15(2)21(18-4-5-19-20(9-18)29-7-3-6-28-19)26-22(27)23-10-16-8-17(11-23)13-24(25,12-16)14-23/h4-5,9,15-17,21H,3,6-8,10-14H2,1-2H3,(H,26,27)/t16-,17+,21-,23?,24?/m1/s1. The van der Waals surface area contributed by atoms with Crippen LogP contribution in [-0.4, -0.2) is 24.0 Å². The van der Waals surface area contributed by atoms with Crippen molar-refractivity contribution in [2.24, 2.45) is 23.2 Å². The Labute approximate surface area is 178 Å². The van der Waals surface area contributed by atoms with E-state index in [0.29, 0.717) is 25.0 Å². The Kier molecular flexibility index (Phi) is 4.77. The summed E-state index contributed by atoms with van der Waals surface area (Å²) in [7, 11) is 0. The number of carbonyl (C=O) groups is 1. The third kappa shape index (κ3) is 3.52. The first-order valence-electron chi connectivity index (χ1n) is 11.3. The van der Waals surface area contributed by atoms with Crippen molar-refractivity contribution < 1.29 is 14.3 Å². The van der Waals surface area contributed by atoms with E-state index in [1.54, 1.807) is 0 Å². The highest BCUT2D eigenvalue weighted by Gasteiger charge is 2.60. The average molecular weight is 418 g/mol. The predicted molar refractivity (Wildman–Crippen MR) is 113 cm³/mol. The number of nitrogens with one attached hydrogen (secondary N) is 1. The lowest BCUT2D eigenvalue weighted by molar-refractivity contribution is -0.145. The van der Waals surface area contributed by atoms with Gasteiger partial charge in [0.05, 0.1) is 24.7 Å². The van der Waals surface area contributed by atoms with Crippen LogP contribution in [0.1, 0.15) is 70.4 Å². The quantitative estimate of drug-likeness (QED) is 0.681. The number of rotatable bonds is 4. The fraction of sp³-hybridized carbons (Fsp3) is 0.708. The summed E-state index contributed by atoms with van der Waals surface area (Å²) in [5.41, 5.74) is 0.812. The predicted octanol–water partition coefficient (Wildman–Crippen LogP) is 5.24. The fourth-order valence-electron chi connectivity index (χ4n) is 6.72. The lowest BCUT2D eigenvalue weighted by Gasteiger charge is -2.59. The van der Waals surface area contributed by atoms with Crippen LogP contribution in [0, 0.1) is 23.2 Å². The molecule has 6 rings (SSSR count). The van der Waals surface area contributed by atoms with E-state index < -0.39 is 0 Å². The Morgan fingerprint density at radius 2 is 1.79 bits per heavy atom. The third-order valence-electron chi connectivity index (χ3n) is 7.56. The Morgan fingerprint density at radius 1 is 1.10 bits per heavy atom. The van der Waals surface area contributed by atoms with Crippen LogP contribution in [-0.2, 0) is 4.79 Å². The molecule has 1 heterocycles. The highest BCUT2D eigenvalue weighted by atomic mass is 35.5. The average Bonchev–Trinajstić information content (AvgIpc) is 2.88. The first-order chi connectivity index (χ1) is 13.9. The summed E-state index contributed by atoms with van der Waals surface area (Å²) in [4.78, 5) is 13.5. The molecule has 2 unspecified atom stereocenters. The minimum Gasteiger partial charge on any atom is -0.490 e. The van der Waals surface area contributed by atoms with Crippen LogP contribution >= 0.6 is 11.6 Å². The van der Waals surface area contributed by atoms with Crippen LogP contribution in [0.15, 0.2) is 18.2 Å². The van der Waals surface area contributed by atoms with Gasteiger partial charge in [-0.3, -0.25) is 4.79 Å². The van der Waals surface area contributed by atoms with Gasteiger partial charge in [0.15, 0.2) is 11.5 Å².